The summed E-state index contributed by atoms with van der Waals surface area (Å²) in [5, 5.41) is 3.33. The second-order valence-electron chi connectivity index (χ2n) is 6.83. The molecule has 3 heteroatoms. The molecule has 0 heterocycles. The van der Waals surface area contributed by atoms with Gasteiger partial charge in [-0.25, -0.2) is 4.39 Å². The molecule has 1 aromatic rings. The van der Waals surface area contributed by atoms with E-state index in [0.717, 1.165) is 19.4 Å². The van der Waals surface area contributed by atoms with E-state index in [1.165, 1.54) is 18.9 Å². The molecule has 1 atom stereocenters. The van der Waals surface area contributed by atoms with E-state index in [9.17, 15) is 4.39 Å². The lowest BCUT2D eigenvalue weighted by Gasteiger charge is -2.34. The lowest BCUT2D eigenvalue weighted by Crippen LogP contribution is -2.31. The predicted molar refractivity (Wildman–Crippen MR) is 84.8 cm³/mol. The standard InChI is InChI=1S/C18H28FNO/c1-4-20-17(15-7-5-6-8-16(15)19)13-21-14-9-11-18(2,3)12-10-14/h5-8,14,17,20H,4,9-13H2,1-3H3. The summed E-state index contributed by atoms with van der Waals surface area (Å²) in [6.45, 7) is 8.03. The second kappa shape index (κ2) is 7.37. The minimum absolute atomic E-state index is 0.0638. The smallest absolute Gasteiger partial charge is 0.128 e. The molecule has 0 bridgehead atoms. The Morgan fingerprint density at radius 2 is 1.95 bits per heavy atom. The van der Waals surface area contributed by atoms with Crippen LogP contribution in [0.4, 0.5) is 4.39 Å². The molecule has 1 saturated carbocycles. The van der Waals surface area contributed by atoms with Crippen molar-refractivity contribution in [3.63, 3.8) is 0 Å². The van der Waals surface area contributed by atoms with Gasteiger partial charge in [-0.3, -0.25) is 0 Å². The summed E-state index contributed by atoms with van der Waals surface area (Å²) in [7, 11) is 0. The predicted octanol–water partition coefficient (Wildman–Crippen LogP) is 4.46. The summed E-state index contributed by atoms with van der Waals surface area (Å²) in [5.41, 5.74) is 1.16. The van der Waals surface area contributed by atoms with Crippen LogP contribution in [0.3, 0.4) is 0 Å². The molecule has 1 N–H and O–H groups in total. The largest absolute Gasteiger partial charge is 0.376 e. The van der Waals surface area contributed by atoms with Crippen molar-refractivity contribution in [2.45, 2.75) is 58.6 Å². The van der Waals surface area contributed by atoms with Gasteiger partial charge in [-0.05, 0) is 43.7 Å². The summed E-state index contributed by atoms with van der Waals surface area (Å²) in [4.78, 5) is 0. The number of likely N-dealkylation sites (N-methyl/N-ethyl adjacent to an activating group) is 1. The van der Waals surface area contributed by atoms with Crippen molar-refractivity contribution in [2.75, 3.05) is 13.2 Å². The Kier molecular flexibility index (Phi) is 5.77. The maximum absolute atomic E-state index is 13.9. The Bertz CT molecular complexity index is 437. The molecular formula is C18H28FNO. The molecule has 0 aromatic heterocycles. The van der Waals surface area contributed by atoms with Crippen LogP contribution in [0, 0.1) is 11.2 Å². The van der Waals surface area contributed by atoms with E-state index in [-0.39, 0.29) is 11.9 Å². The number of benzene rings is 1. The fourth-order valence-corrected chi connectivity index (χ4v) is 3.03. The molecule has 1 unspecified atom stereocenters. The zero-order chi connectivity index (χ0) is 15.3. The molecule has 118 valence electrons. The Morgan fingerprint density at radius 1 is 1.29 bits per heavy atom. The van der Waals surface area contributed by atoms with Gasteiger partial charge in [0.05, 0.1) is 18.8 Å². The van der Waals surface area contributed by atoms with E-state index in [1.54, 1.807) is 6.07 Å². The van der Waals surface area contributed by atoms with Crippen LogP contribution in [0.25, 0.3) is 0 Å². The quantitative estimate of drug-likeness (QED) is 0.836. The number of rotatable bonds is 6. The third kappa shape index (κ3) is 4.79. The molecule has 21 heavy (non-hydrogen) atoms. The second-order valence-corrected chi connectivity index (χ2v) is 6.83. The van der Waals surface area contributed by atoms with Crippen molar-refractivity contribution in [1.29, 1.82) is 0 Å². The van der Waals surface area contributed by atoms with Crippen LogP contribution >= 0.6 is 0 Å². The number of hydrogen-bond donors (Lipinski definition) is 1. The van der Waals surface area contributed by atoms with Gasteiger partial charge in [-0.2, -0.15) is 0 Å². The molecule has 0 radical (unpaired) electrons. The van der Waals surface area contributed by atoms with Gasteiger partial charge >= 0.3 is 0 Å². The van der Waals surface area contributed by atoms with Gasteiger partial charge in [-0.1, -0.05) is 39.0 Å². The molecule has 1 aromatic carbocycles. The summed E-state index contributed by atoms with van der Waals surface area (Å²) >= 11 is 0. The summed E-state index contributed by atoms with van der Waals surface area (Å²) < 4.78 is 20.0. The van der Waals surface area contributed by atoms with Crippen LogP contribution in [-0.2, 0) is 4.74 Å². The van der Waals surface area contributed by atoms with E-state index < -0.39 is 0 Å². The topological polar surface area (TPSA) is 21.3 Å². The Morgan fingerprint density at radius 3 is 2.57 bits per heavy atom. The third-order valence-electron chi connectivity index (χ3n) is 4.52. The van der Waals surface area contributed by atoms with E-state index in [2.05, 4.69) is 19.2 Å². The van der Waals surface area contributed by atoms with Crippen molar-refractivity contribution >= 4 is 0 Å². The first kappa shape index (κ1) is 16.4. The molecule has 1 aliphatic carbocycles. The van der Waals surface area contributed by atoms with Crippen molar-refractivity contribution in [2.24, 2.45) is 5.41 Å². The van der Waals surface area contributed by atoms with Gasteiger partial charge in [0.25, 0.3) is 0 Å². The normalized spacial score (nSPS) is 20.4. The van der Waals surface area contributed by atoms with Gasteiger partial charge in [0.1, 0.15) is 5.82 Å². The van der Waals surface area contributed by atoms with E-state index in [4.69, 9.17) is 4.74 Å². The summed E-state index contributed by atoms with van der Waals surface area (Å²) in [6, 6.07) is 6.91. The molecule has 1 aliphatic rings. The Labute approximate surface area is 128 Å². The number of ether oxygens (including phenoxy) is 1. The van der Waals surface area contributed by atoms with Crippen LogP contribution in [0.5, 0.6) is 0 Å². The van der Waals surface area contributed by atoms with Crippen LogP contribution in [0.15, 0.2) is 24.3 Å². The first-order valence-corrected chi connectivity index (χ1v) is 8.11. The molecule has 0 amide bonds. The van der Waals surface area contributed by atoms with Gasteiger partial charge in [-0.15, -0.1) is 0 Å². The molecule has 1 fully saturated rings. The summed E-state index contributed by atoms with van der Waals surface area (Å²) in [5.74, 6) is -0.156. The molecular weight excluding hydrogens is 265 g/mol. The van der Waals surface area contributed by atoms with Crippen LogP contribution in [0.2, 0.25) is 0 Å². The highest BCUT2D eigenvalue weighted by atomic mass is 19.1. The summed E-state index contributed by atoms with van der Waals surface area (Å²) in [6.07, 6.45) is 4.98. The van der Waals surface area contributed by atoms with E-state index in [1.807, 2.05) is 19.1 Å². The van der Waals surface area contributed by atoms with Gasteiger partial charge in [0, 0.05) is 5.56 Å². The zero-order valence-electron chi connectivity index (χ0n) is 13.5. The monoisotopic (exact) mass is 293 g/mol. The third-order valence-corrected chi connectivity index (χ3v) is 4.52. The highest BCUT2D eigenvalue weighted by Gasteiger charge is 2.28. The first-order valence-electron chi connectivity index (χ1n) is 8.11. The van der Waals surface area contributed by atoms with Gasteiger partial charge in [0.15, 0.2) is 0 Å². The average Bonchev–Trinajstić information content (AvgIpc) is 2.45. The molecule has 0 aliphatic heterocycles. The van der Waals surface area contributed by atoms with E-state index in [0.29, 0.717) is 23.7 Å². The first-order chi connectivity index (χ1) is 10.0. The molecule has 2 nitrogen and oxygen atoms in total. The average molecular weight is 293 g/mol. The minimum atomic E-state index is -0.156. The number of halogens is 1. The van der Waals surface area contributed by atoms with Gasteiger partial charge in [0.2, 0.25) is 0 Å². The van der Waals surface area contributed by atoms with Crippen molar-refractivity contribution in [3.05, 3.63) is 35.6 Å². The fraction of sp³-hybridized carbons (Fsp3) is 0.667. The zero-order valence-corrected chi connectivity index (χ0v) is 13.5. The van der Waals surface area contributed by atoms with Gasteiger partial charge < -0.3 is 10.1 Å². The Balaban J connectivity index is 1.91. The highest BCUT2D eigenvalue weighted by molar-refractivity contribution is 5.21. The maximum Gasteiger partial charge on any atom is 0.128 e. The van der Waals surface area contributed by atoms with Crippen molar-refractivity contribution in [1.82, 2.24) is 5.32 Å². The Hall–Kier alpha value is -0.930. The molecule has 0 saturated heterocycles. The lowest BCUT2D eigenvalue weighted by atomic mass is 9.76. The number of nitrogens with one attached hydrogen (secondary N) is 1. The number of hydrogen-bond acceptors (Lipinski definition) is 2. The van der Waals surface area contributed by atoms with Crippen LogP contribution in [0.1, 0.15) is 58.1 Å². The van der Waals surface area contributed by atoms with Crippen LogP contribution in [-0.4, -0.2) is 19.3 Å². The molecule has 2 rings (SSSR count). The van der Waals surface area contributed by atoms with Crippen molar-refractivity contribution in [3.8, 4) is 0 Å². The van der Waals surface area contributed by atoms with Crippen LogP contribution < -0.4 is 5.32 Å². The van der Waals surface area contributed by atoms with Crippen molar-refractivity contribution < 1.29 is 9.13 Å². The highest BCUT2D eigenvalue weighted by Crippen LogP contribution is 2.36. The minimum Gasteiger partial charge on any atom is -0.376 e. The SMILES string of the molecule is CCNC(COC1CCC(C)(C)CC1)c1ccccc1F. The molecule has 0 spiro atoms. The lowest BCUT2D eigenvalue weighted by molar-refractivity contribution is -0.00600. The van der Waals surface area contributed by atoms with E-state index >= 15 is 0 Å². The fourth-order valence-electron chi connectivity index (χ4n) is 3.03. The maximum atomic E-state index is 13.9.